The van der Waals surface area contributed by atoms with Crippen molar-refractivity contribution in [2.45, 2.75) is 39.8 Å². The molecule has 0 saturated heterocycles. The number of rotatable bonds is 5. The normalized spacial score (nSPS) is 14.1. The van der Waals surface area contributed by atoms with Gasteiger partial charge in [-0.1, -0.05) is 19.9 Å². The third kappa shape index (κ3) is 2.84. The molecule has 1 N–H and O–H groups in total. The van der Waals surface area contributed by atoms with E-state index in [0.29, 0.717) is 12.5 Å². The molecule has 112 valence electrons. The molecule has 0 saturated carbocycles. The highest BCUT2D eigenvalue weighted by Gasteiger charge is 2.23. The van der Waals surface area contributed by atoms with Gasteiger partial charge in [0.15, 0.2) is 0 Å². The highest BCUT2D eigenvalue weighted by Crippen LogP contribution is 2.39. The maximum Gasteiger partial charge on any atom is 0.119 e. The van der Waals surface area contributed by atoms with Crippen molar-refractivity contribution < 1.29 is 9.84 Å². The zero-order valence-electron chi connectivity index (χ0n) is 13.0. The SMILES string of the molecule is CC(C)COc1ccc2c(c1)-c1c(ccn1C[C@H](C)O)C2. The standard InChI is InChI=1S/C18H23NO2/c1-12(2)11-21-16-5-4-14-8-15-6-7-19(10-13(3)20)18(15)17(14)9-16/h4-7,9,12-13,20H,8,10-11H2,1-3H3/t13-/m0/s1. The Morgan fingerprint density at radius 3 is 2.71 bits per heavy atom. The molecule has 2 aromatic rings. The first kappa shape index (κ1) is 14.2. The number of hydrogen-bond acceptors (Lipinski definition) is 2. The Morgan fingerprint density at radius 1 is 1.19 bits per heavy atom. The summed E-state index contributed by atoms with van der Waals surface area (Å²) in [7, 11) is 0. The first-order valence-electron chi connectivity index (χ1n) is 7.66. The van der Waals surface area contributed by atoms with E-state index in [0.717, 1.165) is 18.8 Å². The van der Waals surface area contributed by atoms with E-state index in [1.54, 1.807) is 0 Å². The van der Waals surface area contributed by atoms with E-state index in [4.69, 9.17) is 4.74 Å². The summed E-state index contributed by atoms with van der Waals surface area (Å²) in [5.74, 6) is 1.45. The molecule has 3 nitrogen and oxygen atoms in total. The van der Waals surface area contributed by atoms with Crippen molar-refractivity contribution in [1.29, 1.82) is 0 Å². The van der Waals surface area contributed by atoms with Crippen LogP contribution >= 0.6 is 0 Å². The molecule has 1 aliphatic rings. The van der Waals surface area contributed by atoms with Crippen LogP contribution in [0.15, 0.2) is 30.5 Å². The lowest BCUT2D eigenvalue weighted by atomic mass is 10.1. The van der Waals surface area contributed by atoms with Gasteiger partial charge in [0.1, 0.15) is 5.75 Å². The Balaban J connectivity index is 1.92. The molecule has 1 atom stereocenters. The van der Waals surface area contributed by atoms with Gasteiger partial charge in [-0.05, 0) is 42.2 Å². The number of aliphatic hydroxyl groups is 1. The Kier molecular flexibility index (Phi) is 3.77. The van der Waals surface area contributed by atoms with Crippen LogP contribution in [-0.2, 0) is 13.0 Å². The Bertz CT molecular complexity index is 641. The van der Waals surface area contributed by atoms with Gasteiger partial charge in [0.25, 0.3) is 0 Å². The number of aromatic nitrogens is 1. The van der Waals surface area contributed by atoms with E-state index in [1.165, 1.54) is 22.4 Å². The average molecular weight is 285 g/mol. The van der Waals surface area contributed by atoms with E-state index in [2.05, 4.69) is 48.9 Å². The number of nitrogens with zero attached hydrogens (tertiary/aromatic N) is 1. The molecular weight excluding hydrogens is 262 g/mol. The average Bonchev–Trinajstić information content (AvgIpc) is 2.95. The van der Waals surface area contributed by atoms with Crippen LogP contribution in [-0.4, -0.2) is 22.4 Å². The predicted molar refractivity (Wildman–Crippen MR) is 84.7 cm³/mol. The molecule has 1 aromatic heterocycles. The minimum atomic E-state index is -0.342. The molecule has 0 unspecified atom stereocenters. The van der Waals surface area contributed by atoms with Gasteiger partial charge in [-0.15, -0.1) is 0 Å². The maximum atomic E-state index is 9.66. The van der Waals surface area contributed by atoms with Gasteiger partial charge in [0.05, 0.1) is 18.4 Å². The third-order valence-electron chi connectivity index (χ3n) is 3.81. The maximum absolute atomic E-state index is 9.66. The molecule has 0 bridgehead atoms. The summed E-state index contributed by atoms with van der Waals surface area (Å²) in [6.07, 6.45) is 2.70. The Labute approximate surface area is 126 Å². The third-order valence-corrected chi connectivity index (χ3v) is 3.81. The van der Waals surface area contributed by atoms with Crippen LogP contribution in [0.1, 0.15) is 31.9 Å². The predicted octanol–water partition coefficient (Wildman–Crippen LogP) is 3.47. The van der Waals surface area contributed by atoms with Crippen LogP contribution in [0.4, 0.5) is 0 Å². The first-order valence-corrected chi connectivity index (χ1v) is 7.66. The van der Waals surface area contributed by atoms with Crippen molar-refractivity contribution >= 4 is 0 Å². The Hall–Kier alpha value is -1.74. The molecule has 0 radical (unpaired) electrons. The van der Waals surface area contributed by atoms with Gasteiger partial charge in [0.2, 0.25) is 0 Å². The van der Waals surface area contributed by atoms with E-state index in [9.17, 15) is 5.11 Å². The van der Waals surface area contributed by atoms with Crippen LogP contribution in [0, 0.1) is 5.92 Å². The van der Waals surface area contributed by atoms with E-state index in [-0.39, 0.29) is 6.10 Å². The fraction of sp³-hybridized carbons (Fsp3) is 0.444. The lowest BCUT2D eigenvalue weighted by molar-refractivity contribution is 0.174. The van der Waals surface area contributed by atoms with Crippen molar-refractivity contribution in [3.8, 4) is 17.0 Å². The van der Waals surface area contributed by atoms with Crippen molar-refractivity contribution in [1.82, 2.24) is 4.57 Å². The lowest BCUT2D eigenvalue weighted by Crippen LogP contribution is -2.11. The number of ether oxygens (including phenoxy) is 1. The molecule has 0 aliphatic heterocycles. The van der Waals surface area contributed by atoms with Crippen LogP contribution in [0.2, 0.25) is 0 Å². The minimum absolute atomic E-state index is 0.342. The molecule has 21 heavy (non-hydrogen) atoms. The van der Waals surface area contributed by atoms with E-state index in [1.807, 2.05) is 6.92 Å². The van der Waals surface area contributed by atoms with Crippen molar-refractivity contribution in [2.24, 2.45) is 5.92 Å². The molecule has 1 heterocycles. The van der Waals surface area contributed by atoms with Gasteiger partial charge in [-0.25, -0.2) is 0 Å². The topological polar surface area (TPSA) is 34.4 Å². The molecular formula is C18H23NO2. The second kappa shape index (κ2) is 5.57. The molecule has 0 spiro atoms. The van der Waals surface area contributed by atoms with Crippen LogP contribution in [0.5, 0.6) is 5.75 Å². The van der Waals surface area contributed by atoms with Gasteiger partial charge in [-0.3, -0.25) is 0 Å². The van der Waals surface area contributed by atoms with Crippen molar-refractivity contribution in [3.05, 3.63) is 41.6 Å². The first-order chi connectivity index (χ1) is 10.0. The summed E-state index contributed by atoms with van der Waals surface area (Å²) in [5.41, 5.74) is 5.17. The minimum Gasteiger partial charge on any atom is -0.493 e. The van der Waals surface area contributed by atoms with E-state index >= 15 is 0 Å². The smallest absolute Gasteiger partial charge is 0.119 e. The second-order valence-corrected chi connectivity index (χ2v) is 6.39. The quantitative estimate of drug-likeness (QED) is 0.779. The zero-order chi connectivity index (χ0) is 15.0. The summed E-state index contributed by atoms with van der Waals surface area (Å²) < 4.78 is 8.00. The Morgan fingerprint density at radius 2 is 2.00 bits per heavy atom. The number of hydrogen-bond donors (Lipinski definition) is 1. The fourth-order valence-corrected chi connectivity index (χ4v) is 2.91. The summed E-state index contributed by atoms with van der Waals surface area (Å²) in [6, 6.07) is 8.53. The van der Waals surface area contributed by atoms with Gasteiger partial charge < -0.3 is 14.4 Å². The fourth-order valence-electron chi connectivity index (χ4n) is 2.91. The summed E-state index contributed by atoms with van der Waals surface area (Å²) in [6.45, 7) is 7.50. The number of benzene rings is 1. The molecule has 3 rings (SSSR count). The second-order valence-electron chi connectivity index (χ2n) is 6.39. The molecule has 0 fully saturated rings. The summed E-state index contributed by atoms with van der Waals surface area (Å²) in [5, 5.41) is 9.66. The van der Waals surface area contributed by atoms with Crippen LogP contribution < -0.4 is 4.74 Å². The zero-order valence-corrected chi connectivity index (χ0v) is 13.0. The van der Waals surface area contributed by atoms with E-state index < -0.39 is 0 Å². The number of fused-ring (bicyclic) bond motifs is 3. The van der Waals surface area contributed by atoms with Crippen LogP contribution in [0.25, 0.3) is 11.3 Å². The van der Waals surface area contributed by atoms with Crippen molar-refractivity contribution in [3.63, 3.8) is 0 Å². The largest absolute Gasteiger partial charge is 0.493 e. The highest BCUT2D eigenvalue weighted by atomic mass is 16.5. The molecule has 1 aliphatic carbocycles. The molecule has 0 amide bonds. The monoisotopic (exact) mass is 285 g/mol. The highest BCUT2D eigenvalue weighted by molar-refractivity contribution is 5.75. The summed E-state index contributed by atoms with van der Waals surface area (Å²) in [4.78, 5) is 0. The van der Waals surface area contributed by atoms with Gasteiger partial charge >= 0.3 is 0 Å². The summed E-state index contributed by atoms with van der Waals surface area (Å²) >= 11 is 0. The molecule has 3 heteroatoms. The lowest BCUT2D eigenvalue weighted by Gasteiger charge is -2.13. The van der Waals surface area contributed by atoms with Gasteiger partial charge in [-0.2, -0.15) is 0 Å². The number of aliphatic hydroxyl groups excluding tert-OH is 1. The van der Waals surface area contributed by atoms with Crippen molar-refractivity contribution in [2.75, 3.05) is 6.61 Å². The van der Waals surface area contributed by atoms with Crippen LogP contribution in [0.3, 0.4) is 0 Å². The van der Waals surface area contributed by atoms with Gasteiger partial charge in [0, 0.05) is 24.7 Å². The molecule has 1 aromatic carbocycles.